The number of carbonyl (C=O) groups is 1. The predicted molar refractivity (Wildman–Crippen MR) is 88.0 cm³/mol. The summed E-state index contributed by atoms with van der Waals surface area (Å²) < 4.78 is 0. The lowest BCUT2D eigenvalue weighted by atomic mass is 10.2. The molecule has 1 amide bonds. The first-order valence-corrected chi connectivity index (χ1v) is 7.11. The minimum Gasteiger partial charge on any atom is -0.363 e. The molecule has 0 aliphatic heterocycles. The summed E-state index contributed by atoms with van der Waals surface area (Å²) in [4.78, 5) is 18.1. The Kier molecular flexibility index (Phi) is 4.93. The van der Waals surface area contributed by atoms with Gasteiger partial charge in [-0.1, -0.05) is 34.8 Å². The molecule has 0 saturated carbocycles. The van der Waals surface area contributed by atoms with Crippen molar-refractivity contribution in [2.75, 3.05) is 24.3 Å². The lowest BCUT2D eigenvalue weighted by Crippen LogP contribution is -2.15. The number of amides is 1. The second kappa shape index (κ2) is 6.52. The van der Waals surface area contributed by atoms with Crippen LogP contribution in [0.3, 0.4) is 0 Å². The Balaban J connectivity index is 2.28. The number of nitrogens with one attached hydrogen (secondary N) is 1. The lowest BCUT2D eigenvalue weighted by molar-refractivity contribution is 0.102. The van der Waals surface area contributed by atoms with Gasteiger partial charge in [-0.25, -0.2) is 4.98 Å². The molecule has 2 aromatic rings. The van der Waals surface area contributed by atoms with Crippen LogP contribution in [-0.2, 0) is 0 Å². The number of rotatable bonds is 3. The van der Waals surface area contributed by atoms with Gasteiger partial charge >= 0.3 is 0 Å². The van der Waals surface area contributed by atoms with Crippen LogP contribution in [0.5, 0.6) is 0 Å². The molecule has 0 atom stereocenters. The van der Waals surface area contributed by atoms with Crippen molar-refractivity contribution >= 4 is 52.2 Å². The Bertz CT molecular complexity index is 669. The van der Waals surface area contributed by atoms with E-state index >= 15 is 0 Å². The van der Waals surface area contributed by atoms with Gasteiger partial charge in [0.15, 0.2) is 0 Å². The molecule has 1 aromatic heterocycles. The third kappa shape index (κ3) is 4.24. The fourth-order valence-corrected chi connectivity index (χ4v) is 2.40. The maximum atomic E-state index is 12.3. The zero-order chi connectivity index (χ0) is 15.6. The van der Waals surface area contributed by atoms with E-state index in [1.54, 1.807) is 29.2 Å². The summed E-state index contributed by atoms with van der Waals surface area (Å²) in [6, 6.07) is 7.96. The second-order valence-electron chi connectivity index (χ2n) is 4.54. The molecule has 7 heteroatoms. The summed E-state index contributed by atoms with van der Waals surface area (Å²) in [6.45, 7) is 0. The third-order valence-corrected chi connectivity index (χ3v) is 3.25. The summed E-state index contributed by atoms with van der Waals surface area (Å²) >= 11 is 17.7. The highest BCUT2D eigenvalue weighted by Crippen LogP contribution is 2.23. The smallest absolute Gasteiger partial charge is 0.255 e. The van der Waals surface area contributed by atoms with Crippen LogP contribution >= 0.6 is 34.8 Å². The van der Waals surface area contributed by atoms with Gasteiger partial charge in [0.2, 0.25) is 0 Å². The van der Waals surface area contributed by atoms with Crippen molar-refractivity contribution in [1.29, 1.82) is 0 Å². The van der Waals surface area contributed by atoms with Crippen LogP contribution in [0.1, 0.15) is 10.4 Å². The number of aromatic nitrogens is 1. The molecule has 110 valence electrons. The Labute approximate surface area is 137 Å². The van der Waals surface area contributed by atoms with Gasteiger partial charge < -0.3 is 10.2 Å². The summed E-state index contributed by atoms with van der Waals surface area (Å²) in [7, 11) is 3.63. The Morgan fingerprint density at radius 1 is 1.05 bits per heavy atom. The fraction of sp³-hybridized carbons (Fsp3) is 0.143. The standard InChI is InChI=1S/C14H12Cl3N3O/c1-20(2)13-4-8(3-12(17)19-13)14(21)18-11-6-9(15)5-10(16)7-11/h3-7H,1-2H3,(H,18,21). The molecular formula is C14H12Cl3N3O. The first-order valence-electron chi connectivity index (χ1n) is 5.97. The highest BCUT2D eigenvalue weighted by Gasteiger charge is 2.11. The molecule has 0 aliphatic rings. The molecule has 1 heterocycles. The molecule has 0 aliphatic carbocycles. The zero-order valence-electron chi connectivity index (χ0n) is 11.3. The molecule has 1 N–H and O–H groups in total. The highest BCUT2D eigenvalue weighted by atomic mass is 35.5. The average Bonchev–Trinajstić information content (AvgIpc) is 2.36. The maximum Gasteiger partial charge on any atom is 0.255 e. The Hall–Kier alpha value is -1.49. The minimum absolute atomic E-state index is 0.246. The number of benzene rings is 1. The van der Waals surface area contributed by atoms with Crippen molar-refractivity contribution < 1.29 is 4.79 Å². The molecule has 0 fully saturated rings. The Morgan fingerprint density at radius 3 is 2.24 bits per heavy atom. The van der Waals surface area contributed by atoms with Crippen LogP contribution in [-0.4, -0.2) is 25.0 Å². The molecule has 0 radical (unpaired) electrons. The van der Waals surface area contributed by atoms with Crippen molar-refractivity contribution in [1.82, 2.24) is 4.98 Å². The number of pyridine rings is 1. The van der Waals surface area contributed by atoms with E-state index in [0.717, 1.165) is 0 Å². The van der Waals surface area contributed by atoms with E-state index < -0.39 is 0 Å². The van der Waals surface area contributed by atoms with Crippen LogP contribution in [0.4, 0.5) is 11.5 Å². The molecule has 4 nitrogen and oxygen atoms in total. The van der Waals surface area contributed by atoms with E-state index in [4.69, 9.17) is 34.8 Å². The van der Waals surface area contributed by atoms with Crippen LogP contribution in [0.15, 0.2) is 30.3 Å². The van der Waals surface area contributed by atoms with Crippen LogP contribution in [0.2, 0.25) is 15.2 Å². The van der Waals surface area contributed by atoms with E-state index in [-0.39, 0.29) is 11.1 Å². The first kappa shape index (κ1) is 15.9. The van der Waals surface area contributed by atoms with E-state index in [2.05, 4.69) is 10.3 Å². The maximum absolute atomic E-state index is 12.3. The van der Waals surface area contributed by atoms with Gasteiger partial charge in [0.05, 0.1) is 0 Å². The summed E-state index contributed by atoms with van der Waals surface area (Å²) in [5.41, 5.74) is 0.909. The molecule has 0 unspecified atom stereocenters. The van der Waals surface area contributed by atoms with Crippen molar-refractivity contribution in [3.05, 3.63) is 51.1 Å². The largest absolute Gasteiger partial charge is 0.363 e. The predicted octanol–water partition coefficient (Wildman–Crippen LogP) is 4.36. The van der Waals surface area contributed by atoms with E-state index in [1.807, 2.05) is 14.1 Å². The average molecular weight is 345 g/mol. The molecule has 2 rings (SSSR count). The molecule has 21 heavy (non-hydrogen) atoms. The number of hydrogen-bond donors (Lipinski definition) is 1. The van der Waals surface area contributed by atoms with Crippen LogP contribution in [0, 0.1) is 0 Å². The Morgan fingerprint density at radius 2 is 1.67 bits per heavy atom. The molecule has 1 aromatic carbocycles. The van der Waals surface area contributed by atoms with Crippen molar-refractivity contribution in [2.24, 2.45) is 0 Å². The fourth-order valence-electron chi connectivity index (χ4n) is 1.67. The van der Waals surface area contributed by atoms with E-state index in [9.17, 15) is 4.79 Å². The van der Waals surface area contributed by atoms with Crippen molar-refractivity contribution in [3.8, 4) is 0 Å². The molecule has 0 bridgehead atoms. The minimum atomic E-state index is -0.319. The zero-order valence-corrected chi connectivity index (χ0v) is 13.6. The van der Waals surface area contributed by atoms with Gasteiger partial charge in [0, 0.05) is 35.4 Å². The third-order valence-electron chi connectivity index (χ3n) is 2.62. The van der Waals surface area contributed by atoms with E-state index in [0.29, 0.717) is 27.1 Å². The number of carbonyl (C=O) groups excluding carboxylic acids is 1. The SMILES string of the molecule is CN(C)c1cc(C(=O)Nc2cc(Cl)cc(Cl)c2)cc(Cl)n1. The van der Waals surface area contributed by atoms with Crippen molar-refractivity contribution in [2.45, 2.75) is 0 Å². The number of nitrogens with zero attached hydrogens (tertiary/aromatic N) is 2. The molecule has 0 saturated heterocycles. The van der Waals surface area contributed by atoms with Gasteiger partial charge in [-0.05, 0) is 30.3 Å². The topological polar surface area (TPSA) is 45.2 Å². The van der Waals surface area contributed by atoms with Crippen LogP contribution in [0.25, 0.3) is 0 Å². The van der Waals surface area contributed by atoms with E-state index in [1.165, 1.54) is 6.07 Å². The number of halogens is 3. The highest BCUT2D eigenvalue weighted by molar-refractivity contribution is 6.35. The first-order chi connectivity index (χ1) is 9.85. The normalized spacial score (nSPS) is 10.3. The van der Waals surface area contributed by atoms with Gasteiger partial charge in [-0.2, -0.15) is 0 Å². The summed E-state index contributed by atoms with van der Waals surface area (Å²) in [5.74, 6) is 0.275. The van der Waals surface area contributed by atoms with Gasteiger partial charge in [-0.3, -0.25) is 4.79 Å². The van der Waals surface area contributed by atoms with Crippen LogP contribution < -0.4 is 10.2 Å². The quantitative estimate of drug-likeness (QED) is 0.841. The molecular weight excluding hydrogens is 333 g/mol. The summed E-state index contributed by atoms with van der Waals surface area (Å²) in [5, 5.41) is 3.85. The van der Waals surface area contributed by atoms with Gasteiger partial charge in [0.1, 0.15) is 11.0 Å². The summed E-state index contributed by atoms with van der Waals surface area (Å²) in [6.07, 6.45) is 0. The number of hydrogen-bond acceptors (Lipinski definition) is 3. The second-order valence-corrected chi connectivity index (χ2v) is 5.80. The lowest BCUT2D eigenvalue weighted by Gasteiger charge is -2.13. The molecule has 0 spiro atoms. The monoisotopic (exact) mass is 343 g/mol. The number of anilines is 2. The van der Waals surface area contributed by atoms with Gasteiger partial charge in [0.25, 0.3) is 5.91 Å². The van der Waals surface area contributed by atoms with Gasteiger partial charge in [-0.15, -0.1) is 0 Å². The van der Waals surface area contributed by atoms with Crippen molar-refractivity contribution in [3.63, 3.8) is 0 Å².